The molecule has 0 bridgehead atoms. The van der Waals surface area contributed by atoms with Gasteiger partial charge in [-0.3, -0.25) is 0 Å². The lowest BCUT2D eigenvalue weighted by molar-refractivity contribution is 0.0571. The highest BCUT2D eigenvalue weighted by Gasteiger charge is 2.10. The van der Waals surface area contributed by atoms with Crippen molar-refractivity contribution in [3.05, 3.63) is 0 Å². The number of hydrogen-bond acceptors (Lipinski definition) is 2. The van der Waals surface area contributed by atoms with Gasteiger partial charge in [0.25, 0.3) is 0 Å². The number of unbranched alkanes of at least 4 members (excludes halogenated alkanes) is 1. The third kappa shape index (κ3) is 12.2. The van der Waals surface area contributed by atoms with Crippen LogP contribution in [-0.4, -0.2) is 24.8 Å². The molecule has 0 heterocycles. The molecular formula is C15H33NO. The van der Waals surface area contributed by atoms with Crippen LogP contribution in [0.5, 0.6) is 0 Å². The summed E-state index contributed by atoms with van der Waals surface area (Å²) in [5.74, 6) is 0.832. The summed E-state index contributed by atoms with van der Waals surface area (Å²) < 4.78 is 5.72. The van der Waals surface area contributed by atoms with Crippen LogP contribution in [0.4, 0.5) is 0 Å². The van der Waals surface area contributed by atoms with Gasteiger partial charge in [-0.05, 0) is 26.2 Å². The van der Waals surface area contributed by atoms with E-state index in [0.29, 0.717) is 18.2 Å². The summed E-state index contributed by atoms with van der Waals surface area (Å²) in [6.07, 6.45) is 5.57. The maximum atomic E-state index is 5.72. The molecule has 1 unspecified atom stereocenters. The molecule has 0 spiro atoms. The molecule has 0 fully saturated rings. The maximum absolute atomic E-state index is 5.72. The fourth-order valence-electron chi connectivity index (χ4n) is 1.94. The molecular weight excluding hydrogens is 210 g/mol. The van der Waals surface area contributed by atoms with Gasteiger partial charge in [-0.25, -0.2) is 0 Å². The highest BCUT2D eigenvalue weighted by Crippen LogP contribution is 2.10. The second-order valence-electron chi connectivity index (χ2n) is 6.08. The zero-order chi connectivity index (χ0) is 13.3. The Labute approximate surface area is 109 Å². The Morgan fingerprint density at radius 3 is 1.94 bits per heavy atom. The zero-order valence-corrected chi connectivity index (χ0v) is 12.8. The molecule has 0 aromatic heterocycles. The number of rotatable bonds is 10. The average molecular weight is 243 g/mol. The second-order valence-corrected chi connectivity index (χ2v) is 6.08. The Balaban J connectivity index is 3.76. The van der Waals surface area contributed by atoms with Crippen LogP contribution in [0.25, 0.3) is 0 Å². The van der Waals surface area contributed by atoms with E-state index in [1.54, 1.807) is 0 Å². The van der Waals surface area contributed by atoms with Gasteiger partial charge < -0.3 is 10.1 Å². The average Bonchev–Trinajstić information content (AvgIpc) is 2.19. The number of hydrogen-bond donors (Lipinski definition) is 1. The highest BCUT2D eigenvalue weighted by atomic mass is 16.5. The highest BCUT2D eigenvalue weighted by molar-refractivity contribution is 4.69. The predicted octanol–water partition coefficient (Wildman–Crippen LogP) is 3.99. The monoisotopic (exact) mass is 243 g/mol. The Morgan fingerprint density at radius 2 is 1.47 bits per heavy atom. The van der Waals surface area contributed by atoms with E-state index in [-0.39, 0.29) is 0 Å². The van der Waals surface area contributed by atoms with E-state index in [1.807, 2.05) is 0 Å². The molecule has 2 heteroatoms. The van der Waals surface area contributed by atoms with E-state index < -0.39 is 0 Å². The number of nitrogens with one attached hydrogen (secondary N) is 1. The fourth-order valence-corrected chi connectivity index (χ4v) is 1.94. The summed E-state index contributed by atoms with van der Waals surface area (Å²) in [6.45, 7) is 14.1. The number of ether oxygens (including phenoxy) is 1. The Morgan fingerprint density at radius 1 is 0.882 bits per heavy atom. The molecule has 0 aromatic rings. The molecule has 1 atom stereocenters. The molecule has 0 aromatic carbocycles. The molecule has 0 saturated heterocycles. The van der Waals surface area contributed by atoms with Crippen LogP contribution >= 0.6 is 0 Å². The zero-order valence-electron chi connectivity index (χ0n) is 12.8. The summed E-state index contributed by atoms with van der Waals surface area (Å²) in [4.78, 5) is 0. The van der Waals surface area contributed by atoms with Crippen LogP contribution in [0.2, 0.25) is 0 Å². The second kappa shape index (κ2) is 9.90. The minimum absolute atomic E-state index is 0.335. The molecule has 2 nitrogen and oxygen atoms in total. The molecule has 0 amide bonds. The molecule has 0 rings (SSSR count). The van der Waals surface area contributed by atoms with Gasteiger partial charge in [0.05, 0.1) is 12.7 Å². The molecule has 0 saturated carbocycles. The molecule has 17 heavy (non-hydrogen) atoms. The van der Waals surface area contributed by atoms with Crippen molar-refractivity contribution in [2.75, 3.05) is 6.61 Å². The van der Waals surface area contributed by atoms with Gasteiger partial charge in [-0.15, -0.1) is 0 Å². The molecule has 104 valence electrons. The van der Waals surface area contributed by atoms with Crippen molar-refractivity contribution in [2.45, 2.75) is 85.4 Å². The lowest BCUT2D eigenvalue weighted by Gasteiger charge is -2.22. The van der Waals surface area contributed by atoms with E-state index in [4.69, 9.17) is 4.74 Å². The first-order chi connectivity index (χ1) is 7.91. The normalized spacial score (nSPS) is 13.9. The van der Waals surface area contributed by atoms with E-state index >= 15 is 0 Å². The van der Waals surface area contributed by atoms with Crippen LogP contribution < -0.4 is 5.32 Å². The molecule has 0 aliphatic carbocycles. The van der Waals surface area contributed by atoms with Gasteiger partial charge in [-0.2, -0.15) is 0 Å². The first kappa shape index (κ1) is 16.9. The summed E-state index contributed by atoms with van der Waals surface area (Å²) in [5, 5.41) is 3.60. The van der Waals surface area contributed by atoms with Crippen molar-refractivity contribution >= 4 is 0 Å². The Kier molecular flexibility index (Phi) is 9.85. The standard InChI is InChI=1S/C15H33NO/c1-12(2)9-7-8-10-15(16-13(3)4)11-17-14(5)6/h12-16H,7-11H2,1-6H3. The van der Waals surface area contributed by atoms with Crippen LogP contribution in [0.1, 0.15) is 67.2 Å². The van der Waals surface area contributed by atoms with Gasteiger partial charge in [0.2, 0.25) is 0 Å². The van der Waals surface area contributed by atoms with Crippen molar-refractivity contribution in [3.63, 3.8) is 0 Å². The van der Waals surface area contributed by atoms with Gasteiger partial charge >= 0.3 is 0 Å². The molecule has 0 radical (unpaired) electrons. The van der Waals surface area contributed by atoms with Crippen LogP contribution in [0, 0.1) is 5.92 Å². The topological polar surface area (TPSA) is 21.3 Å². The van der Waals surface area contributed by atoms with Gasteiger partial charge in [-0.1, -0.05) is 47.0 Å². The predicted molar refractivity (Wildman–Crippen MR) is 76.5 cm³/mol. The molecule has 0 aliphatic heterocycles. The third-order valence-electron chi connectivity index (χ3n) is 2.78. The SMILES string of the molecule is CC(C)CCCCC(COC(C)C)NC(C)C. The van der Waals surface area contributed by atoms with E-state index in [9.17, 15) is 0 Å². The van der Waals surface area contributed by atoms with Crippen molar-refractivity contribution in [2.24, 2.45) is 5.92 Å². The van der Waals surface area contributed by atoms with Gasteiger partial charge in [0.15, 0.2) is 0 Å². The largest absolute Gasteiger partial charge is 0.377 e. The van der Waals surface area contributed by atoms with Crippen molar-refractivity contribution in [1.82, 2.24) is 5.32 Å². The van der Waals surface area contributed by atoms with Crippen LogP contribution in [-0.2, 0) is 4.74 Å². The van der Waals surface area contributed by atoms with E-state index in [0.717, 1.165) is 12.5 Å². The van der Waals surface area contributed by atoms with E-state index in [2.05, 4.69) is 46.9 Å². The first-order valence-electron chi connectivity index (χ1n) is 7.29. The van der Waals surface area contributed by atoms with Gasteiger partial charge in [0.1, 0.15) is 0 Å². The van der Waals surface area contributed by atoms with Crippen LogP contribution in [0.3, 0.4) is 0 Å². The smallest absolute Gasteiger partial charge is 0.0623 e. The van der Waals surface area contributed by atoms with Crippen LogP contribution in [0.15, 0.2) is 0 Å². The minimum Gasteiger partial charge on any atom is -0.377 e. The summed E-state index contributed by atoms with van der Waals surface area (Å²) >= 11 is 0. The minimum atomic E-state index is 0.335. The van der Waals surface area contributed by atoms with E-state index in [1.165, 1.54) is 25.7 Å². The lowest BCUT2D eigenvalue weighted by Crippen LogP contribution is -2.38. The fraction of sp³-hybridized carbons (Fsp3) is 1.00. The van der Waals surface area contributed by atoms with Crippen molar-refractivity contribution in [1.29, 1.82) is 0 Å². The lowest BCUT2D eigenvalue weighted by atomic mass is 10.0. The third-order valence-corrected chi connectivity index (χ3v) is 2.78. The maximum Gasteiger partial charge on any atom is 0.0623 e. The Hall–Kier alpha value is -0.0800. The summed E-state index contributed by atoms with van der Waals surface area (Å²) in [7, 11) is 0. The quantitative estimate of drug-likeness (QED) is 0.586. The summed E-state index contributed by atoms with van der Waals surface area (Å²) in [5.41, 5.74) is 0. The Bertz CT molecular complexity index is 166. The first-order valence-corrected chi connectivity index (χ1v) is 7.29. The van der Waals surface area contributed by atoms with Crippen molar-refractivity contribution in [3.8, 4) is 0 Å². The molecule has 1 N–H and O–H groups in total. The summed E-state index contributed by atoms with van der Waals surface area (Å²) in [6, 6.07) is 1.06. The van der Waals surface area contributed by atoms with Crippen molar-refractivity contribution < 1.29 is 4.74 Å². The molecule has 0 aliphatic rings. The van der Waals surface area contributed by atoms with Gasteiger partial charge in [0, 0.05) is 12.1 Å².